The van der Waals surface area contributed by atoms with Gasteiger partial charge in [-0.1, -0.05) is 48.5 Å². The number of nitrogens with zero attached hydrogens (tertiary/aromatic N) is 2. The molecule has 0 spiro atoms. The third-order valence-electron chi connectivity index (χ3n) is 5.15. The average molecular weight is 389 g/mol. The van der Waals surface area contributed by atoms with Gasteiger partial charge in [0.05, 0.1) is 36.3 Å². The van der Waals surface area contributed by atoms with Crippen LogP contribution in [0.2, 0.25) is 0 Å². The second-order valence-electron chi connectivity index (χ2n) is 7.05. The van der Waals surface area contributed by atoms with Crippen molar-refractivity contribution in [3.05, 3.63) is 77.5 Å². The second-order valence-corrected chi connectivity index (χ2v) is 7.05. The Morgan fingerprint density at radius 3 is 2.69 bits per heavy atom. The first-order chi connectivity index (χ1) is 14.2. The van der Waals surface area contributed by atoms with Crippen LogP contribution in [-0.4, -0.2) is 48.4 Å². The van der Waals surface area contributed by atoms with Crippen LogP contribution in [0.15, 0.2) is 60.7 Å². The van der Waals surface area contributed by atoms with Gasteiger partial charge in [-0.15, -0.1) is 0 Å². The maximum atomic E-state index is 12.8. The Balaban J connectivity index is 1.58. The minimum absolute atomic E-state index is 0.0665. The molecule has 1 saturated heterocycles. The molecule has 1 fully saturated rings. The number of benzene rings is 2. The van der Waals surface area contributed by atoms with E-state index in [1.165, 1.54) is 0 Å². The van der Waals surface area contributed by atoms with Crippen molar-refractivity contribution in [2.24, 2.45) is 0 Å². The number of ether oxygens (including phenoxy) is 1. The summed E-state index contributed by atoms with van der Waals surface area (Å²) in [5.41, 5.74) is 2.95. The van der Waals surface area contributed by atoms with Gasteiger partial charge in [0.15, 0.2) is 0 Å². The highest BCUT2D eigenvalue weighted by Crippen LogP contribution is 2.26. The minimum atomic E-state index is -0.364. The molecule has 3 aromatic rings. The van der Waals surface area contributed by atoms with Gasteiger partial charge in [-0.25, -0.2) is 4.98 Å². The first-order valence-corrected chi connectivity index (χ1v) is 9.71. The van der Waals surface area contributed by atoms with Crippen LogP contribution in [0.4, 0.5) is 0 Å². The lowest BCUT2D eigenvalue weighted by Crippen LogP contribution is -2.43. The molecule has 4 rings (SSSR count). The van der Waals surface area contributed by atoms with E-state index in [-0.39, 0.29) is 17.9 Å². The molecule has 0 aliphatic carbocycles. The first kappa shape index (κ1) is 19.1. The highest BCUT2D eigenvalue weighted by Gasteiger charge is 2.27. The zero-order valence-electron chi connectivity index (χ0n) is 16.3. The van der Waals surface area contributed by atoms with Gasteiger partial charge in [0.2, 0.25) is 5.91 Å². The third kappa shape index (κ3) is 4.12. The lowest BCUT2D eigenvalue weighted by Gasteiger charge is -2.33. The molecule has 1 N–H and O–H groups in total. The molecule has 0 radical (unpaired) electrons. The zero-order chi connectivity index (χ0) is 20.2. The van der Waals surface area contributed by atoms with E-state index in [1.54, 1.807) is 13.1 Å². The Morgan fingerprint density at radius 2 is 1.90 bits per heavy atom. The minimum Gasteiger partial charge on any atom is -0.368 e. The topological polar surface area (TPSA) is 71.5 Å². The Labute approximate surface area is 169 Å². The summed E-state index contributed by atoms with van der Waals surface area (Å²) < 4.78 is 5.92. The normalized spacial score (nSPS) is 16.6. The molecule has 0 bridgehead atoms. The van der Waals surface area contributed by atoms with E-state index in [0.717, 1.165) is 16.5 Å². The van der Waals surface area contributed by atoms with Gasteiger partial charge in [-0.2, -0.15) is 0 Å². The Bertz CT molecular complexity index is 1040. The first-order valence-electron chi connectivity index (χ1n) is 9.71. The van der Waals surface area contributed by atoms with E-state index in [9.17, 15) is 9.59 Å². The Morgan fingerprint density at radius 1 is 1.14 bits per heavy atom. The van der Waals surface area contributed by atoms with Gasteiger partial charge in [-0.05, 0) is 17.7 Å². The quantitative estimate of drug-likeness (QED) is 0.745. The SMILES string of the molecule is CNC(=O)c1cc([C@H]2CN(C(=O)Cc3ccccc3)CCO2)nc2ccccc12. The van der Waals surface area contributed by atoms with Gasteiger partial charge >= 0.3 is 0 Å². The predicted molar refractivity (Wildman–Crippen MR) is 111 cm³/mol. The molecule has 6 heteroatoms. The van der Waals surface area contributed by atoms with Gasteiger partial charge in [0.25, 0.3) is 5.91 Å². The third-order valence-corrected chi connectivity index (χ3v) is 5.15. The summed E-state index contributed by atoms with van der Waals surface area (Å²) in [6, 6.07) is 19.0. The number of carbonyl (C=O) groups excluding carboxylic acids is 2. The zero-order valence-corrected chi connectivity index (χ0v) is 16.3. The molecule has 1 aromatic heterocycles. The fourth-order valence-corrected chi connectivity index (χ4v) is 3.62. The molecule has 2 aromatic carbocycles. The van der Waals surface area contributed by atoms with Crippen molar-refractivity contribution in [2.45, 2.75) is 12.5 Å². The number of morpholine rings is 1. The molecule has 6 nitrogen and oxygen atoms in total. The maximum Gasteiger partial charge on any atom is 0.251 e. The molecule has 1 atom stereocenters. The summed E-state index contributed by atoms with van der Waals surface area (Å²) in [7, 11) is 1.61. The van der Waals surface area contributed by atoms with Gasteiger partial charge in [0, 0.05) is 19.0 Å². The van der Waals surface area contributed by atoms with Crippen molar-refractivity contribution in [3.8, 4) is 0 Å². The number of hydrogen-bond donors (Lipinski definition) is 1. The molecule has 0 saturated carbocycles. The largest absolute Gasteiger partial charge is 0.368 e. The number of para-hydroxylation sites is 1. The van der Waals surface area contributed by atoms with Crippen molar-refractivity contribution in [1.29, 1.82) is 0 Å². The van der Waals surface area contributed by atoms with Gasteiger partial charge in [-0.3, -0.25) is 9.59 Å². The summed E-state index contributed by atoms with van der Waals surface area (Å²) in [5, 5.41) is 3.48. The summed E-state index contributed by atoms with van der Waals surface area (Å²) in [5.74, 6) is -0.102. The second kappa shape index (κ2) is 8.41. The molecule has 1 aliphatic heterocycles. The highest BCUT2D eigenvalue weighted by atomic mass is 16.5. The fourth-order valence-electron chi connectivity index (χ4n) is 3.62. The molecular formula is C23H23N3O3. The monoisotopic (exact) mass is 389 g/mol. The van der Waals surface area contributed by atoms with Crippen molar-refractivity contribution in [3.63, 3.8) is 0 Å². The van der Waals surface area contributed by atoms with Gasteiger partial charge < -0.3 is 15.0 Å². The number of rotatable bonds is 4. The standard InChI is InChI=1S/C23H23N3O3/c1-24-23(28)18-14-20(25-19-10-6-5-9-17(18)19)21-15-26(11-12-29-21)22(27)13-16-7-3-2-4-8-16/h2-10,14,21H,11-13,15H2,1H3,(H,24,28)/t21-/m1/s1. The van der Waals surface area contributed by atoms with Gasteiger partial charge in [0.1, 0.15) is 6.10 Å². The van der Waals surface area contributed by atoms with Crippen LogP contribution in [0.3, 0.4) is 0 Å². The van der Waals surface area contributed by atoms with Crippen LogP contribution in [0.1, 0.15) is 27.7 Å². The smallest absolute Gasteiger partial charge is 0.251 e. The van der Waals surface area contributed by atoms with E-state index < -0.39 is 0 Å². The molecule has 2 heterocycles. The number of fused-ring (bicyclic) bond motifs is 1. The van der Waals surface area contributed by atoms with Crippen molar-refractivity contribution in [2.75, 3.05) is 26.7 Å². The average Bonchev–Trinajstić information content (AvgIpc) is 2.78. The maximum absolute atomic E-state index is 12.8. The van der Waals surface area contributed by atoms with Crippen molar-refractivity contribution >= 4 is 22.7 Å². The lowest BCUT2D eigenvalue weighted by atomic mass is 10.0. The number of pyridine rings is 1. The van der Waals surface area contributed by atoms with Crippen molar-refractivity contribution in [1.82, 2.24) is 15.2 Å². The van der Waals surface area contributed by atoms with E-state index in [2.05, 4.69) is 5.32 Å². The highest BCUT2D eigenvalue weighted by molar-refractivity contribution is 6.06. The Kier molecular flexibility index (Phi) is 5.53. The molecule has 2 amide bonds. The number of amides is 2. The lowest BCUT2D eigenvalue weighted by molar-refractivity contribution is -0.138. The summed E-state index contributed by atoms with van der Waals surface area (Å²) in [6.45, 7) is 1.41. The van der Waals surface area contributed by atoms with Crippen LogP contribution in [-0.2, 0) is 16.0 Å². The molecule has 0 unspecified atom stereocenters. The van der Waals surface area contributed by atoms with E-state index in [1.807, 2.05) is 59.5 Å². The number of nitrogens with one attached hydrogen (secondary N) is 1. The molecule has 29 heavy (non-hydrogen) atoms. The summed E-state index contributed by atoms with van der Waals surface area (Å²) >= 11 is 0. The van der Waals surface area contributed by atoms with E-state index in [0.29, 0.717) is 37.4 Å². The number of aromatic nitrogens is 1. The van der Waals surface area contributed by atoms with Crippen LogP contribution in [0.5, 0.6) is 0 Å². The van der Waals surface area contributed by atoms with Crippen LogP contribution in [0, 0.1) is 0 Å². The number of hydrogen-bond acceptors (Lipinski definition) is 4. The molecule has 148 valence electrons. The van der Waals surface area contributed by atoms with Crippen LogP contribution >= 0.6 is 0 Å². The molecule has 1 aliphatic rings. The number of carbonyl (C=O) groups is 2. The summed E-state index contributed by atoms with van der Waals surface area (Å²) in [6.07, 6.45) is -0.00107. The van der Waals surface area contributed by atoms with E-state index in [4.69, 9.17) is 9.72 Å². The Hall–Kier alpha value is -3.25. The van der Waals surface area contributed by atoms with E-state index >= 15 is 0 Å². The molecular weight excluding hydrogens is 366 g/mol. The van der Waals surface area contributed by atoms with Crippen LogP contribution in [0.25, 0.3) is 10.9 Å². The summed E-state index contributed by atoms with van der Waals surface area (Å²) in [4.78, 5) is 31.7. The van der Waals surface area contributed by atoms with Crippen molar-refractivity contribution < 1.29 is 14.3 Å². The van der Waals surface area contributed by atoms with Crippen LogP contribution < -0.4 is 5.32 Å². The fraction of sp³-hybridized carbons (Fsp3) is 0.261. The predicted octanol–water partition coefficient (Wildman–Crippen LogP) is 2.74.